The number of nitrogens with zero attached hydrogens (tertiary/aromatic N) is 3. The molecule has 0 bridgehead atoms. The Bertz CT molecular complexity index is 685. The van der Waals surface area contributed by atoms with E-state index in [9.17, 15) is 0 Å². The molecule has 1 aromatic carbocycles. The Morgan fingerprint density at radius 3 is 2.45 bits per heavy atom. The first-order chi connectivity index (χ1) is 9.81. The molecule has 1 N–H and O–H groups in total. The van der Waals surface area contributed by atoms with Crippen LogP contribution in [0.25, 0.3) is 11.4 Å². The molecule has 3 aromatic rings. The first-order valence-corrected chi connectivity index (χ1v) is 8.27. The normalized spacial score (nSPS) is 10.7. The lowest BCUT2D eigenvalue weighted by atomic mass is 10.3. The highest BCUT2D eigenvalue weighted by Crippen LogP contribution is 2.36. The molecule has 0 radical (unpaired) electrons. The van der Waals surface area contributed by atoms with Crippen LogP contribution in [0.3, 0.4) is 0 Å². The van der Waals surface area contributed by atoms with E-state index in [-0.39, 0.29) is 0 Å². The van der Waals surface area contributed by atoms with Crippen molar-refractivity contribution in [2.24, 2.45) is 0 Å². The molecule has 0 spiro atoms. The van der Waals surface area contributed by atoms with Gasteiger partial charge in [-0.15, -0.1) is 5.10 Å². The van der Waals surface area contributed by atoms with Gasteiger partial charge in [0.1, 0.15) is 0 Å². The molecule has 20 heavy (non-hydrogen) atoms. The van der Waals surface area contributed by atoms with Gasteiger partial charge in [0.25, 0.3) is 0 Å². The first-order valence-electron chi connectivity index (χ1n) is 5.74. The van der Waals surface area contributed by atoms with E-state index in [1.54, 1.807) is 23.2 Å². The molecule has 0 saturated carbocycles. The maximum absolute atomic E-state index is 5.85. The molecular weight excluding hydrogens is 312 g/mol. The summed E-state index contributed by atoms with van der Waals surface area (Å²) in [7, 11) is 3.09. The van der Waals surface area contributed by atoms with E-state index in [2.05, 4.69) is 20.2 Å². The van der Waals surface area contributed by atoms with Crippen LogP contribution >= 0.6 is 33.2 Å². The molecule has 3 rings (SSSR count). The first kappa shape index (κ1) is 13.5. The minimum Gasteiger partial charge on any atom is -0.265 e. The Kier molecular flexibility index (Phi) is 4.25. The highest BCUT2D eigenvalue weighted by atomic mass is 35.5. The van der Waals surface area contributed by atoms with Crippen molar-refractivity contribution < 1.29 is 0 Å². The molecule has 2 aromatic heterocycles. The van der Waals surface area contributed by atoms with Gasteiger partial charge in [-0.1, -0.05) is 11.6 Å². The van der Waals surface area contributed by atoms with Crippen LogP contribution in [0.4, 0.5) is 0 Å². The van der Waals surface area contributed by atoms with E-state index in [0.717, 1.165) is 21.3 Å². The lowest BCUT2D eigenvalue weighted by Crippen LogP contribution is -1.80. The number of aromatic nitrogens is 4. The van der Waals surface area contributed by atoms with Gasteiger partial charge in [0.15, 0.2) is 5.82 Å². The number of halogens is 1. The standard InChI is InChI=1S/C13H9ClN4S2/c14-10-1-3-11(4-2-10)19-20-13-16-12(17-18-13)9-5-7-15-8-6-9/h1-8H,(H,16,17,18). The molecule has 0 aliphatic rings. The molecule has 0 fully saturated rings. The number of H-pyrrole nitrogens is 1. The fourth-order valence-corrected chi connectivity index (χ4v) is 3.32. The molecule has 0 atom stereocenters. The van der Waals surface area contributed by atoms with Gasteiger partial charge in [-0.2, -0.15) is 0 Å². The van der Waals surface area contributed by atoms with Crippen molar-refractivity contribution >= 4 is 33.2 Å². The van der Waals surface area contributed by atoms with Crippen LogP contribution in [0.5, 0.6) is 0 Å². The quantitative estimate of drug-likeness (QED) is 0.725. The smallest absolute Gasteiger partial charge is 0.219 e. The second kappa shape index (κ2) is 6.30. The van der Waals surface area contributed by atoms with E-state index in [1.807, 2.05) is 36.4 Å². The molecule has 0 amide bonds. The van der Waals surface area contributed by atoms with Gasteiger partial charge in [0.2, 0.25) is 5.16 Å². The lowest BCUT2D eigenvalue weighted by Gasteiger charge is -1.97. The van der Waals surface area contributed by atoms with Crippen LogP contribution in [-0.2, 0) is 0 Å². The van der Waals surface area contributed by atoms with Crippen molar-refractivity contribution in [2.75, 3.05) is 0 Å². The predicted molar refractivity (Wildman–Crippen MR) is 82.8 cm³/mol. The van der Waals surface area contributed by atoms with E-state index in [1.165, 1.54) is 10.8 Å². The van der Waals surface area contributed by atoms with Crippen molar-refractivity contribution in [3.8, 4) is 11.4 Å². The van der Waals surface area contributed by atoms with Gasteiger partial charge in [-0.3, -0.25) is 10.1 Å². The summed E-state index contributed by atoms with van der Waals surface area (Å²) in [6.07, 6.45) is 3.46. The van der Waals surface area contributed by atoms with Gasteiger partial charge in [0.05, 0.1) is 0 Å². The predicted octanol–water partition coefficient (Wildman–Crippen LogP) is 4.32. The van der Waals surface area contributed by atoms with Crippen LogP contribution in [0.2, 0.25) is 5.02 Å². The Balaban J connectivity index is 1.67. The van der Waals surface area contributed by atoms with Crippen LogP contribution in [0.1, 0.15) is 0 Å². The van der Waals surface area contributed by atoms with Crippen LogP contribution in [0, 0.1) is 0 Å². The number of rotatable bonds is 4. The van der Waals surface area contributed by atoms with Gasteiger partial charge in [-0.05, 0) is 58.0 Å². The van der Waals surface area contributed by atoms with E-state index in [4.69, 9.17) is 11.6 Å². The molecule has 7 heteroatoms. The summed E-state index contributed by atoms with van der Waals surface area (Å²) in [5, 5.41) is 8.53. The van der Waals surface area contributed by atoms with Crippen molar-refractivity contribution in [1.29, 1.82) is 0 Å². The fourth-order valence-electron chi connectivity index (χ4n) is 1.50. The maximum Gasteiger partial charge on any atom is 0.219 e. The summed E-state index contributed by atoms with van der Waals surface area (Å²) >= 11 is 5.85. The van der Waals surface area contributed by atoms with Gasteiger partial charge in [-0.25, -0.2) is 4.98 Å². The average Bonchev–Trinajstić information content (AvgIpc) is 2.97. The molecule has 2 heterocycles. The highest BCUT2D eigenvalue weighted by molar-refractivity contribution is 8.76. The summed E-state index contributed by atoms with van der Waals surface area (Å²) < 4.78 is 0. The largest absolute Gasteiger partial charge is 0.265 e. The summed E-state index contributed by atoms with van der Waals surface area (Å²) in [4.78, 5) is 9.52. The number of hydrogen-bond acceptors (Lipinski definition) is 5. The van der Waals surface area contributed by atoms with Gasteiger partial charge < -0.3 is 0 Å². The zero-order chi connectivity index (χ0) is 13.8. The van der Waals surface area contributed by atoms with Crippen LogP contribution in [0.15, 0.2) is 58.8 Å². The zero-order valence-corrected chi connectivity index (χ0v) is 12.5. The second-order valence-electron chi connectivity index (χ2n) is 3.82. The minimum atomic E-state index is 0.691. The SMILES string of the molecule is Clc1ccc(SSc2n[nH]c(-c3ccncc3)n2)cc1. The number of nitrogens with one attached hydrogen (secondary N) is 1. The summed E-state index contributed by atoms with van der Waals surface area (Å²) in [5.41, 5.74) is 0.968. The Labute approximate surface area is 128 Å². The van der Waals surface area contributed by atoms with Gasteiger partial charge in [0, 0.05) is 27.9 Å². The van der Waals surface area contributed by atoms with Crippen molar-refractivity contribution in [3.63, 3.8) is 0 Å². The highest BCUT2D eigenvalue weighted by Gasteiger charge is 2.06. The van der Waals surface area contributed by atoms with Gasteiger partial charge >= 0.3 is 0 Å². The summed E-state index contributed by atoms with van der Waals surface area (Å²) in [6, 6.07) is 11.4. The molecule has 4 nitrogen and oxygen atoms in total. The van der Waals surface area contributed by atoms with E-state index >= 15 is 0 Å². The third-order valence-electron chi connectivity index (χ3n) is 2.44. The summed E-state index contributed by atoms with van der Waals surface area (Å²) in [6.45, 7) is 0. The zero-order valence-electron chi connectivity index (χ0n) is 10.2. The van der Waals surface area contributed by atoms with Crippen molar-refractivity contribution in [1.82, 2.24) is 20.2 Å². The lowest BCUT2D eigenvalue weighted by molar-refractivity contribution is 0.979. The minimum absolute atomic E-state index is 0.691. The summed E-state index contributed by atoms with van der Waals surface area (Å²) in [5.74, 6) is 0.742. The molecule has 0 saturated heterocycles. The number of hydrogen-bond donors (Lipinski definition) is 1. The molecule has 0 aliphatic heterocycles. The Hall–Kier alpha value is -1.50. The number of aromatic amines is 1. The third-order valence-corrected chi connectivity index (χ3v) is 4.85. The van der Waals surface area contributed by atoms with Crippen molar-refractivity contribution in [2.45, 2.75) is 10.1 Å². The van der Waals surface area contributed by atoms with E-state index in [0.29, 0.717) is 5.16 Å². The second-order valence-corrected chi connectivity index (χ2v) is 6.43. The number of benzene rings is 1. The maximum atomic E-state index is 5.85. The molecular formula is C13H9ClN4S2. The average molecular weight is 321 g/mol. The van der Waals surface area contributed by atoms with Crippen LogP contribution < -0.4 is 0 Å². The van der Waals surface area contributed by atoms with E-state index < -0.39 is 0 Å². The molecule has 0 aliphatic carbocycles. The molecule has 0 unspecified atom stereocenters. The third kappa shape index (κ3) is 3.33. The topological polar surface area (TPSA) is 54.5 Å². The molecule has 100 valence electrons. The Morgan fingerprint density at radius 1 is 0.950 bits per heavy atom. The van der Waals surface area contributed by atoms with Crippen LogP contribution in [-0.4, -0.2) is 20.2 Å². The number of pyridine rings is 1. The van der Waals surface area contributed by atoms with Crippen molar-refractivity contribution in [3.05, 3.63) is 53.8 Å². The Morgan fingerprint density at radius 2 is 1.70 bits per heavy atom. The monoisotopic (exact) mass is 320 g/mol. The fraction of sp³-hybridized carbons (Fsp3) is 0.